The molecular formula is CH3Cl3O3Si. The van der Waals surface area contributed by atoms with Crippen LogP contribution in [-0.2, 0) is 11.9 Å². The van der Waals surface area contributed by atoms with Gasteiger partial charge in [0, 0.05) is 6.55 Å². The summed E-state index contributed by atoms with van der Waals surface area (Å²) in [6, 6.07) is 0. The predicted octanol–water partition coefficient (Wildman–Crippen LogP) is 2.07. The SMILES string of the molecule is C[Si](OCl)(OCl)OCl. The van der Waals surface area contributed by atoms with Crippen molar-refractivity contribution in [2.24, 2.45) is 0 Å². The van der Waals surface area contributed by atoms with Crippen LogP contribution in [0.2, 0.25) is 6.55 Å². The molecule has 0 rings (SSSR count). The van der Waals surface area contributed by atoms with Gasteiger partial charge in [-0.1, -0.05) is 0 Å². The van der Waals surface area contributed by atoms with Gasteiger partial charge in [0.2, 0.25) is 0 Å². The minimum atomic E-state index is -2.87. The second-order valence-corrected chi connectivity index (χ2v) is 4.67. The first-order chi connectivity index (χ1) is 3.68. The fourth-order valence-electron chi connectivity index (χ4n) is 0.0357. The number of rotatable bonds is 3. The maximum Gasteiger partial charge on any atom is 0.547 e. The fraction of sp³-hybridized carbons (Fsp3) is 1.00. The Morgan fingerprint density at radius 3 is 1.25 bits per heavy atom. The molecule has 0 unspecified atom stereocenters. The lowest BCUT2D eigenvalue weighted by Gasteiger charge is -2.10. The quantitative estimate of drug-likeness (QED) is 0.648. The van der Waals surface area contributed by atoms with E-state index >= 15 is 0 Å². The largest absolute Gasteiger partial charge is 0.547 e. The number of hydrogen-bond donors (Lipinski definition) is 0. The van der Waals surface area contributed by atoms with Crippen molar-refractivity contribution in [1.82, 2.24) is 0 Å². The molecular weight excluding hydrogens is 194 g/mol. The van der Waals surface area contributed by atoms with Crippen LogP contribution in [-0.4, -0.2) is 8.80 Å². The average Bonchev–Trinajstić information content (AvgIpc) is 1.87. The van der Waals surface area contributed by atoms with Gasteiger partial charge in [-0.25, -0.2) is 0 Å². The lowest BCUT2D eigenvalue weighted by Crippen LogP contribution is -2.33. The molecule has 0 atom stereocenters. The van der Waals surface area contributed by atoms with Crippen molar-refractivity contribution in [1.29, 1.82) is 0 Å². The zero-order valence-electron chi connectivity index (χ0n) is 3.86. The van der Waals surface area contributed by atoms with E-state index in [9.17, 15) is 0 Å². The summed E-state index contributed by atoms with van der Waals surface area (Å²) in [5.41, 5.74) is 0. The van der Waals surface area contributed by atoms with Gasteiger partial charge in [-0.2, -0.15) is 0 Å². The smallest absolute Gasteiger partial charge is 0.265 e. The van der Waals surface area contributed by atoms with Gasteiger partial charge in [-0.05, 0) is 0 Å². The van der Waals surface area contributed by atoms with Crippen molar-refractivity contribution in [3.05, 3.63) is 0 Å². The summed E-state index contributed by atoms with van der Waals surface area (Å²) in [5.74, 6) is 0. The third-order valence-electron chi connectivity index (χ3n) is 0.420. The van der Waals surface area contributed by atoms with Crippen LogP contribution >= 0.6 is 35.6 Å². The maximum atomic E-state index is 4.85. The molecule has 0 amide bonds. The van der Waals surface area contributed by atoms with E-state index in [1.54, 1.807) is 0 Å². The van der Waals surface area contributed by atoms with Gasteiger partial charge < -0.3 is 0 Å². The van der Waals surface area contributed by atoms with Crippen molar-refractivity contribution >= 4 is 44.4 Å². The van der Waals surface area contributed by atoms with Crippen LogP contribution in [0.15, 0.2) is 0 Å². The normalized spacial score (nSPS) is 12.0. The topological polar surface area (TPSA) is 27.7 Å². The standard InChI is InChI=1S/CH3Cl3O3Si/c1-8(5-2,6-3)7-4/h1H3. The molecule has 0 radical (unpaired) electrons. The molecule has 3 nitrogen and oxygen atoms in total. The van der Waals surface area contributed by atoms with Crippen LogP contribution in [0, 0.1) is 0 Å². The van der Waals surface area contributed by atoms with E-state index in [0.29, 0.717) is 0 Å². The lowest BCUT2D eigenvalue weighted by molar-refractivity contribution is 0.310. The summed E-state index contributed by atoms with van der Waals surface area (Å²) >= 11 is 14.6. The molecule has 0 aliphatic heterocycles. The molecule has 0 aromatic carbocycles. The lowest BCUT2D eigenvalue weighted by atomic mass is 11.9. The van der Waals surface area contributed by atoms with E-state index in [-0.39, 0.29) is 0 Å². The Morgan fingerprint density at radius 2 is 1.25 bits per heavy atom. The fourth-order valence-corrected chi connectivity index (χ4v) is 0.964. The van der Waals surface area contributed by atoms with Crippen LogP contribution in [0.3, 0.4) is 0 Å². The van der Waals surface area contributed by atoms with Gasteiger partial charge in [0.05, 0.1) is 35.6 Å². The highest BCUT2D eigenvalue weighted by Crippen LogP contribution is 2.14. The molecule has 0 N–H and O–H groups in total. The average molecular weight is 197 g/mol. The molecule has 50 valence electrons. The Balaban J connectivity index is 3.58. The van der Waals surface area contributed by atoms with E-state index in [1.807, 2.05) is 0 Å². The van der Waals surface area contributed by atoms with Crippen molar-refractivity contribution in [3.63, 3.8) is 0 Å². The summed E-state index contributed by atoms with van der Waals surface area (Å²) in [6.07, 6.45) is 0. The van der Waals surface area contributed by atoms with Gasteiger partial charge in [-0.3, -0.25) is 11.9 Å². The number of hydrogen-bond acceptors (Lipinski definition) is 3. The molecule has 0 aliphatic carbocycles. The van der Waals surface area contributed by atoms with E-state index in [4.69, 9.17) is 35.6 Å². The van der Waals surface area contributed by atoms with Crippen LogP contribution in [0.25, 0.3) is 0 Å². The Hall–Kier alpha value is 0.967. The van der Waals surface area contributed by atoms with E-state index < -0.39 is 8.80 Å². The van der Waals surface area contributed by atoms with Crippen LogP contribution < -0.4 is 0 Å². The van der Waals surface area contributed by atoms with Crippen molar-refractivity contribution < 1.29 is 11.9 Å². The van der Waals surface area contributed by atoms with E-state index in [0.717, 1.165) is 0 Å². The van der Waals surface area contributed by atoms with Gasteiger partial charge in [0.15, 0.2) is 0 Å². The first kappa shape index (κ1) is 8.97. The predicted molar refractivity (Wildman–Crippen MR) is 32.4 cm³/mol. The second kappa shape index (κ2) is 3.89. The van der Waals surface area contributed by atoms with Crippen LogP contribution in [0.4, 0.5) is 0 Å². The highest BCUT2D eigenvalue weighted by atomic mass is 35.5. The minimum Gasteiger partial charge on any atom is -0.265 e. The second-order valence-electron chi connectivity index (χ2n) is 1.09. The molecule has 7 heteroatoms. The van der Waals surface area contributed by atoms with E-state index in [2.05, 4.69) is 11.9 Å². The molecule has 0 saturated carbocycles. The molecule has 0 spiro atoms. The summed E-state index contributed by atoms with van der Waals surface area (Å²) < 4.78 is 12.4. The Kier molecular flexibility index (Phi) is 4.36. The molecule has 0 bridgehead atoms. The summed E-state index contributed by atoms with van der Waals surface area (Å²) in [5, 5.41) is 0. The van der Waals surface area contributed by atoms with Crippen LogP contribution in [0.1, 0.15) is 0 Å². The Bertz CT molecular complexity index is 57.3. The van der Waals surface area contributed by atoms with Crippen molar-refractivity contribution in [2.45, 2.75) is 6.55 Å². The molecule has 0 aromatic heterocycles. The zero-order valence-corrected chi connectivity index (χ0v) is 7.13. The minimum absolute atomic E-state index is 1.43. The summed E-state index contributed by atoms with van der Waals surface area (Å²) in [6.45, 7) is 1.43. The van der Waals surface area contributed by atoms with Gasteiger partial charge in [-0.15, -0.1) is 0 Å². The Morgan fingerprint density at radius 1 is 1.00 bits per heavy atom. The Labute approximate surface area is 63.3 Å². The zero-order chi connectivity index (χ0) is 6.62. The highest BCUT2D eigenvalue weighted by molar-refractivity contribution is 6.69. The summed E-state index contributed by atoms with van der Waals surface area (Å²) in [4.78, 5) is 0. The molecule has 0 aliphatic rings. The monoisotopic (exact) mass is 196 g/mol. The molecule has 0 aromatic rings. The third-order valence-corrected chi connectivity index (χ3v) is 3.78. The van der Waals surface area contributed by atoms with Crippen LogP contribution in [0.5, 0.6) is 0 Å². The van der Waals surface area contributed by atoms with Crippen molar-refractivity contribution in [2.75, 3.05) is 0 Å². The molecule has 0 heterocycles. The van der Waals surface area contributed by atoms with Gasteiger partial charge >= 0.3 is 8.80 Å². The molecule has 0 saturated heterocycles. The highest BCUT2D eigenvalue weighted by Gasteiger charge is 2.35. The molecule has 0 fully saturated rings. The summed E-state index contributed by atoms with van der Waals surface area (Å²) in [7, 11) is -2.87. The maximum absolute atomic E-state index is 4.85. The van der Waals surface area contributed by atoms with Crippen molar-refractivity contribution in [3.8, 4) is 0 Å². The first-order valence-corrected chi connectivity index (χ1v) is 4.73. The van der Waals surface area contributed by atoms with Gasteiger partial charge in [0.1, 0.15) is 0 Å². The van der Waals surface area contributed by atoms with E-state index in [1.165, 1.54) is 6.55 Å². The third kappa shape index (κ3) is 2.50. The van der Waals surface area contributed by atoms with Gasteiger partial charge in [0.25, 0.3) is 0 Å². The molecule has 8 heavy (non-hydrogen) atoms. The number of halogens is 3. The first-order valence-electron chi connectivity index (χ1n) is 1.58.